The van der Waals surface area contributed by atoms with Gasteiger partial charge in [0.2, 0.25) is 0 Å². The quantitative estimate of drug-likeness (QED) is 0.742. The first-order chi connectivity index (χ1) is 9.90. The van der Waals surface area contributed by atoms with E-state index in [1.54, 1.807) is 17.4 Å². The molecule has 3 nitrogen and oxygen atoms in total. The molecule has 3 aromatic rings. The van der Waals surface area contributed by atoms with E-state index in [9.17, 15) is 9.90 Å². The van der Waals surface area contributed by atoms with E-state index in [1.165, 1.54) is 13.8 Å². The minimum absolute atomic E-state index is 0.420. The summed E-state index contributed by atoms with van der Waals surface area (Å²) >= 11 is 7.78. The van der Waals surface area contributed by atoms with Crippen molar-refractivity contribution in [2.24, 2.45) is 0 Å². The van der Waals surface area contributed by atoms with Gasteiger partial charge in [0.1, 0.15) is 0 Å². The molecule has 21 heavy (non-hydrogen) atoms. The Morgan fingerprint density at radius 1 is 1.19 bits per heavy atom. The molecule has 0 aliphatic heterocycles. The van der Waals surface area contributed by atoms with Crippen molar-refractivity contribution < 1.29 is 14.6 Å². The fraction of sp³-hybridized carbons (Fsp3) is 0.188. The van der Waals surface area contributed by atoms with Gasteiger partial charge in [-0.2, -0.15) is 0 Å². The summed E-state index contributed by atoms with van der Waals surface area (Å²) in [4.78, 5) is 11.3. The molecule has 1 aromatic heterocycles. The molecule has 0 radical (unpaired) electrons. The van der Waals surface area contributed by atoms with E-state index >= 15 is 0 Å². The van der Waals surface area contributed by atoms with Crippen LogP contribution in [0.1, 0.15) is 13.8 Å². The molecule has 0 saturated carbocycles. The first-order valence-electron chi connectivity index (χ1n) is 6.42. The van der Waals surface area contributed by atoms with Gasteiger partial charge in [-0.25, -0.2) is 4.79 Å². The van der Waals surface area contributed by atoms with Crippen LogP contribution in [0.4, 0.5) is 0 Å². The van der Waals surface area contributed by atoms with Crippen molar-refractivity contribution >= 4 is 49.1 Å². The number of halogens is 1. The number of hydrogen-bond donors (Lipinski definition) is 1. The van der Waals surface area contributed by atoms with Crippen LogP contribution >= 0.6 is 22.9 Å². The fourth-order valence-corrected chi connectivity index (χ4v) is 3.57. The van der Waals surface area contributed by atoms with Crippen LogP contribution in [0.15, 0.2) is 36.4 Å². The molecule has 0 spiro atoms. The van der Waals surface area contributed by atoms with Crippen molar-refractivity contribution in [2.75, 3.05) is 0 Å². The first kappa shape index (κ1) is 14.2. The second-order valence-corrected chi connectivity index (χ2v) is 6.73. The SMILES string of the molecule is CC(C)(Oc1c(Cl)ccc2c1sc1ccccc12)C(=O)O. The minimum atomic E-state index is -1.34. The molecule has 0 aliphatic carbocycles. The molecule has 0 unspecified atom stereocenters. The van der Waals surface area contributed by atoms with Gasteiger partial charge in [0.05, 0.1) is 9.72 Å². The Labute approximate surface area is 130 Å². The maximum Gasteiger partial charge on any atom is 0.347 e. The second-order valence-electron chi connectivity index (χ2n) is 5.27. The van der Waals surface area contributed by atoms with Gasteiger partial charge in [-0.1, -0.05) is 35.9 Å². The van der Waals surface area contributed by atoms with E-state index in [4.69, 9.17) is 16.3 Å². The number of ether oxygens (including phenoxy) is 1. The lowest BCUT2D eigenvalue weighted by molar-refractivity contribution is -0.152. The molecule has 0 aliphatic rings. The predicted octanol–water partition coefficient (Wildman–Crippen LogP) is 4.95. The van der Waals surface area contributed by atoms with Crippen molar-refractivity contribution in [3.05, 3.63) is 41.4 Å². The highest BCUT2D eigenvalue weighted by Crippen LogP contribution is 2.43. The van der Waals surface area contributed by atoms with E-state index in [1.807, 2.05) is 30.3 Å². The Morgan fingerprint density at radius 2 is 1.90 bits per heavy atom. The summed E-state index contributed by atoms with van der Waals surface area (Å²) < 4.78 is 7.71. The minimum Gasteiger partial charge on any atom is -0.478 e. The third kappa shape index (κ3) is 2.34. The molecular weight excluding hydrogens is 308 g/mol. The molecule has 108 valence electrons. The van der Waals surface area contributed by atoms with Crippen LogP contribution in [-0.4, -0.2) is 16.7 Å². The third-order valence-electron chi connectivity index (χ3n) is 3.33. The van der Waals surface area contributed by atoms with Crippen molar-refractivity contribution in [1.82, 2.24) is 0 Å². The van der Waals surface area contributed by atoms with Crippen LogP contribution in [0.2, 0.25) is 5.02 Å². The monoisotopic (exact) mass is 320 g/mol. The van der Waals surface area contributed by atoms with E-state index in [-0.39, 0.29) is 0 Å². The Bertz CT molecular complexity index is 851. The largest absolute Gasteiger partial charge is 0.478 e. The first-order valence-corrected chi connectivity index (χ1v) is 7.62. The average Bonchev–Trinajstić information content (AvgIpc) is 2.80. The highest BCUT2D eigenvalue weighted by atomic mass is 35.5. The van der Waals surface area contributed by atoms with Gasteiger partial charge in [-0.15, -0.1) is 11.3 Å². The number of benzene rings is 2. The summed E-state index contributed by atoms with van der Waals surface area (Å²) in [6.45, 7) is 3.02. The number of fused-ring (bicyclic) bond motifs is 3. The van der Waals surface area contributed by atoms with Crippen LogP contribution < -0.4 is 4.74 Å². The summed E-state index contributed by atoms with van der Waals surface area (Å²) in [5.74, 6) is -0.598. The van der Waals surface area contributed by atoms with Gasteiger partial charge in [-0.05, 0) is 26.0 Å². The molecule has 0 amide bonds. The molecule has 1 N–H and O–H groups in total. The van der Waals surface area contributed by atoms with Crippen LogP contribution in [-0.2, 0) is 4.79 Å². The lowest BCUT2D eigenvalue weighted by atomic mass is 10.1. The zero-order valence-electron chi connectivity index (χ0n) is 11.5. The van der Waals surface area contributed by atoms with Gasteiger partial charge in [0.25, 0.3) is 0 Å². The highest BCUT2D eigenvalue weighted by molar-refractivity contribution is 7.26. The van der Waals surface area contributed by atoms with E-state index in [0.29, 0.717) is 10.8 Å². The second kappa shape index (κ2) is 4.90. The van der Waals surface area contributed by atoms with Crippen LogP contribution in [0.3, 0.4) is 0 Å². The molecule has 2 aromatic carbocycles. The van der Waals surface area contributed by atoms with E-state index in [0.717, 1.165) is 20.2 Å². The Morgan fingerprint density at radius 3 is 2.62 bits per heavy atom. The molecule has 5 heteroatoms. The maximum absolute atomic E-state index is 11.3. The topological polar surface area (TPSA) is 46.5 Å². The number of carboxylic acids is 1. The zero-order valence-corrected chi connectivity index (χ0v) is 13.1. The fourth-order valence-electron chi connectivity index (χ4n) is 2.13. The number of thiophene rings is 1. The summed E-state index contributed by atoms with van der Waals surface area (Å²) in [6.07, 6.45) is 0. The highest BCUT2D eigenvalue weighted by Gasteiger charge is 2.31. The smallest absolute Gasteiger partial charge is 0.347 e. The molecule has 1 heterocycles. The summed E-state index contributed by atoms with van der Waals surface area (Å²) in [5, 5.41) is 11.8. The lowest BCUT2D eigenvalue weighted by Gasteiger charge is -2.22. The number of hydrogen-bond acceptors (Lipinski definition) is 3. The molecule has 0 fully saturated rings. The Kier molecular flexibility index (Phi) is 3.30. The molecule has 0 saturated heterocycles. The maximum atomic E-state index is 11.3. The lowest BCUT2D eigenvalue weighted by Crippen LogP contribution is -2.37. The van der Waals surface area contributed by atoms with Crippen molar-refractivity contribution in [2.45, 2.75) is 19.4 Å². The molecule has 3 rings (SSSR count). The van der Waals surface area contributed by atoms with Gasteiger partial charge in [-0.3, -0.25) is 0 Å². The van der Waals surface area contributed by atoms with Crippen molar-refractivity contribution in [3.8, 4) is 5.75 Å². The Balaban J connectivity index is 2.26. The van der Waals surface area contributed by atoms with Crippen LogP contribution in [0, 0.1) is 0 Å². The standard InChI is InChI=1S/C16H13ClO3S/c1-16(2,15(18)19)20-13-11(17)8-7-10-9-5-3-4-6-12(9)21-14(10)13/h3-8H,1-2H3,(H,18,19). The van der Waals surface area contributed by atoms with Crippen molar-refractivity contribution in [3.63, 3.8) is 0 Å². The number of carbonyl (C=O) groups is 1. The zero-order chi connectivity index (χ0) is 15.2. The summed E-state index contributed by atoms with van der Waals surface area (Å²) in [5.41, 5.74) is -1.34. The summed E-state index contributed by atoms with van der Waals surface area (Å²) in [6, 6.07) is 11.7. The van der Waals surface area contributed by atoms with Crippen molar-refractivity contribution in [1.29, 1.82) is 0 Å². The van der Waals surface area contributed by atoms with Gasteiger partial charge in [0.15, 0.2) is 11.4 Å². The normalized spacial score (nSPS) is 12.0. The predicted molar refractivity (Wildman–Crippen MR) is 86.7 cm³/mol. The summed E-state index contributed by atoms with van der Waals surface area (Å²) in [7, 11) is 0. The van der Waals surface area contributed by atoms with Gasteiger partial charge >= 0.3 is 5.97 Å². The molecule has 0 atom stereocenters. The van der Waals surface area contributed by atoms with Crippen LogP contribution in [0.25, 0.3) is 20.2 Å². The van der Waals surface area contributed by atoms with E-state index in [2.05, 4.69) is 0 Å². The number of rotatable bonds is 3. The van der Waals surface area contributed by atoms with Gasteiger partial charge in [0, 0.05) is 15.5 Å². The number of carboxylic acid groups (broad SMARTS) is 1. The molecule has 0 bridgehead atoms. The van der Waals surface area contributed by atoms with Gasteiger partial charge < -0.3 is 9.84 Å². The van der Waals surface area contributed by atoms with Crippen LogP contribution in [0.5, 0.6) is 5.75 Å². The average molecular weight is 321 g/mol. The molecular formula is C16H13ClO3S. The Hall–Kier alpha value is -1.78. The third-order valence-corrected chi connectivity index (χ3v) is 4.81. The number of aliphatic carboxylic acids is 1. The van der Waals surface area contributed by atoms with E-state index < -0.39 is 11.6 Å².